The molecule has 0 radical (unpaired) electrons. The molecule has 0 spiro atoms. The van der Waals surface area contributed by atoms with Gasteiger partial charge in [0.2, 0.25) is 0 Å². The second-order valence-corrected chi connectivity index (χ2v) is 4.98. The van der Waals surface area contributed by atoms with Crippen LogP contribution in [0.5, 0.6) is 0 Å². The minimum atomic E-state index is -0.494. The van der Waals surface area contributed by atoms with E-state index in [2.05, 4.69) is 0 Å². The summed E-state index contributed by atoms with van der Waals surface area (Å²) in [6.45, 7) is 0. The van der Waals surface area contributed by atoms with E-state index in [1.807, 2.05) is 0 Å². The van der Waals surface area contributed by atoms with Gasteiger partial charge in [0.05, 0.1) is 20.1 Å². The Kier molecular flexibility index (Phi) is 3.84. The van der Waals surface area contributed by atoms with E-state index in [4.69, 9.17) is 46.4 Å². The zero-order valence-electron chi connectivity index (χ0n) is 8.28. The molecule has 5 heteroatoms. The summed E-state index contributed by atoms with van der Waals surface area (Å²) in [4.78, 5) is 0. The van der Waals surface area contributed by atoms with Crippen LogP contribution < -0.4 is 0 Å². The van der Waals surface area contributed by atoms with Crippen LogP contribution in [-0.2, 0) is 0 Å². The molecule has 0 bridgehead atoms. The van der Waals surface area contributed by atoms with E-state index in [0.29, 0.717) is 21.2 Å². The Morgan fingerprint density at radius 1 is 0.706 bits per heavy atom. The molecule has 2 rings (SSSR count). The molecular formula is C12H5Cl4F. The van der Waals surface area contributed by atoms with Gasteiger partial charge in [0.15, 0.2) is 0 Å². The summed E-state index contributed by atoms with van der Waals surface area (Å²) in [5, 5.41) is 1.00. The Morgan fingerprint density at radius 3 is 1.82 bits per heavy atom. The lowest BCUT2D eigenvalue weighted by Crippen LogP contribution is -1.83. The molecule has 0 atom stereocenters. The van der Waals surface area contributed by atoms with Crippen molar-refractivity contribution in [3.8, 4) is 11.1 Å². The highest BCUT2D eigenvalue weighted by atomic mass is 35.5. The largest absolute Gasteiger partial charge is 0.205 e. The average Bonchev–Trinajstić information content (AvgIpc) is 2.29. The standard InChI is InChI=1S/C12H5Cl4F/c13-8-2-1-6(5-11(8)17)7-3-9(14)12(16)10(15)4-7/h1-5H. The second-order valence-electron chi connectivity index (χ2n) is 3.38. The van der Waals surface area contributed by atoms with Crippen molar-refractivity contribution in [1.82, 2.24) is 0 Å². The number of hydrogen-bond acceptors (Lipinski definition) is 0. The van der Waals surface area contributed by atoms with Gasteiger partial charge in [0.25, 0.3) is 0 Å². The van der Waals surface area contributed by atoms with Gasteiger partial charge in [-0.1, -0.05) is 52.5 Å². The van der Waals surface area contributed by atoms with E-state index in [9.17, 15) is 4.39 Å². The van der Waals surface area contributed by atoms with Gasteiger partial charge in [0.1, 0.15) is 5.82 Å². The highest BCUT2D eigenvalue weighted by Gasteiger charge is 2.09. The van der Waals surface area contributed by atoms with Crippen molar-refractivity contribution in [3.63, 3.8) is 0 Å². The predicted octanol–water partition coefficient (Wildman–Crippen LogP) is 6.11. The molecule has 0 saturated heterocycles. The quantitative estimate of drug-likeness (QED) is 0.558. The van der Waals surface area contributed by atoms with Crippen LogP contribution in [0.2, 0.25) is 20.1 Å². The zero-order valence-corrected chi connectivity index (χ0v) is 11.3. The first kappa shape index (κ1) is 13.0. The van der Waals surface area contributed by atoms with Gasteiger partial charge in [0, 0.05) is 0 Å². The van der Waals surface area contributed by atoms with Gasteiger partial charge in [-0.3, -0.25) is 0 Å². The number of hydrogen-bond donors (Lipinski definition) is 0. The topological polar surface area (TPSA) is 0 Å². The van der Waals surface area contributed by atoms with E-state index in [-0.39, 0.29) is 10.0 Å². The minimum Gasteiger partial charge on any atom is -0.205 e. The lowest BCUT2D eigenvalue weighted by Gasteiger charge is -2.06. The summed E-state index contributed by atoms with van der Waals surface area (Å²) in [6, 6.07) is 7.72. The van der Waals surface area contributed by atoms with Crippen molar-refractivity contribution in [1.29, 1.82) is 0 Å². The molecule has 17 heavy (non-hydrogen) atoms. The molecule has 0 heterocycles. The molecule has 0 aliphatic carbocycles. The summed E-state index contributed by atoms with van der Waals surface area (Å²) in [6.07, 6.45) is 0. The normalized spacial score (nSPS) is 10.6. The van der Waals surface area contributed by atoms with Crippen LogP contribution in [-0.4, -0.2) is 0 Å². The van der Waals surface area contributed by atoms with E-state index in [1.54, 1.807) is 18.2 Å². The van der Waals surface area contributed by atoms with Crippen molar-refractivity contribution in [2.75, 3.05) is 0 Å². The van der Waals surface area contributed by atoms with Gasteiger partial charge in [-0.25, -0.2) is 4.39 Å². The van der Waals surface area contributed by atoms with Crippen molar-refractivity contribution in [3.05, 3.63) is 56.2 Å². The van der Waals surface area contributed by atoms with E-state index < -0.39 is 5.82 Å². The summed E-state index contributed by atoms with van der Waals surface area (Å²) in [7, 11) is 0. The molecule has 2 aromatic rings. The molecule has 0 unspecified atom stereocenters. The predicted molar refractivity (Wildman–Crippen MR) is 71.9 cm³/mol. The number of rotatable bonds is 1. The molecule has 0 amide bonds. The third-order valence-electron chi connectivity index (χ3n) is 2.24. The third-order valence-corrected chi connectivity index (χ3v) is 3.74. The van der Waals surface area contributed by atoms with Gasteiger partial charge in [-0.05, 0) is 35.4 Å². The Morgan fingerprint density at radius 2 is 1.29 bits per heavy atom. The molecule has 0 N–H and O–H groups in total. The lowest BCUT2D eigenvalue weighted by atomic mass is 10.1. The van der Waals surface area contributed by atoms with Crippen LogP contribution in [0.4, 0.5) is 4.39 Å². The maximum Gasteiger partial charge on any atom is 0.142 e. The van der Waals surface area contributed by atoms with E-state index in [1.165, 1.54) is 12.1 Å². The Balaban J connectivity index is 2.57. The zero-order chi connectivity index (χ0) is 12.6. The summed E-state index contributed by atoms with van der Waals surface area (Å²) in [5.41, 5.74) is 1.31. The molecule has 0 fully saturated rings. The van der Waals surface area contributed by atoms with Crippen molar-refractivity contribution in [2.24, 2.45) is 0 Å². The molecule has 0 aliphatic heterocycles. The first-order valence-electron chi connectivity index (χ1n) is 4.59. The number of halogens is 5. The maximum atomic E-state index is 13.3. The lowest BCUT2D eigenvalue weighted by molar-refractivity contribution is 0.629. The SMILES string of the molecule is Fc1cc(-c2cc(Cl)c(Cl)c(Cl)c2)ccc1Cl. The summed E-state index contributed by atoms with van der Waals surface area (Å²) in [5.74, 6) is -0.494. The molecule has 0 aromatic heterocycles. The monoisotopic (exact) mass is 308 g/mol. The van der Waals surface area contributed by atoms with Crippen LogP contribution in [0, 0.1) is 5.82 Å². The highest BCUT2D eigenvalue weighted by Crippen LogP contribution is 2.35. The third kappa shape index (κ3) is 2.69. The Bertz CT molecular complexity index is 558. The fourth-order valence-electron chi connectivity index (χ4n) is 1.40. The fraction of sp³-hybridized carbons (Fsp3) is 0. The summed E-state index contributed by atoms with van der Waals surface area (Å²) < 4.78 is 13.3. The smallest absolute Gasteiger partial charge is 0.142 e. The van der Waals surface area contributed by atoms with Crippen LogP contribution in [0.3, 0.4) is 0 Å². The first-order chi connectivity index (χ1) is 7.99. The van der Waals surface area contributed by atoms with Crippen LogP contribution in [0.1, 0.15) is 0 Å². The molecular weight excluding hydrogens is 305 g/mol. The van der Waals surface area contributed by atoms with E-state index >= 15 is 0 Å². The Hall–Kier alpha value is -0.470. The van der Waals surface area contributed by atoms with Gasteiger partial charge < -0.3 is 0 Å². The van der Waals surface area contributed by atoms with E-state index in [0.717, 1.165) is 0 Å². The first-order valence-corrected chi connectivity index (χ1v) is 6.10. The van der Waals surface area contributed by atoms with Crippen LogP contribution in [0.15, 0.2) is 30.3 Å². The summed E-state index contributed by atoms with van der Waals surface area (Å²) >= 11 is 23.2. The fourth-order valence-corrected chi connectivity index (χ4v) is 2.11. The van der Waals surface area contributed by atoms with Gasteiger partial charge in [-0.15, -0.1) is 0 Å². The van der Waals surface area contributed by atoms with Crippen LogP contribution >= 0.6 is 46.4 Å². The second kappa shape index (κ2) is 5.03. The molecule has 0 nitrogen and oxygen atoms in total. The molecule has 2 aromatic carbocycles. The number of benzene rings is 2. The van der Waals surface area contributed by atoms with Gasteiger partial charge >= 0.3 is 0 Å². The highest BCUT2D eigenvalue weighted by molar-refractivity contribution is 6.48. The van der Waals surface area contributed by atoms with Crippen molar-refractivity contribution >= 4 is 46.4 Å². The average molecular weight is 310 g/mol. The minimum absolute atomic E-state index is 0.0694. The molecule has 0 saturated carbocycles. The van der Waals surface area contributed by atoms with Crippen molar-refractivity contribution < 1.29 is 4.39 Å². The van der Waals surface area contributed by atoms with Crippen LogP contribution in [0.25, 0.3) is 11.1 Å². The van der Waals surface area contributed by atoms with Gasteiger partial charge in [-0.2, -0.15) is 0 Å². The maximum absolute atomic E-state index is 13.3. The molecule has 0 aliphatic rings. The van der Waals surface area contributed by atoms with Crippen molar-refractivity contribution in [2.45, 2.75) is 0 Å². The Labute approximate surface area is 118 Å². The molecule has 88 valence electrons.